The summed E-state index contributed by atoms with van der Waals surface area (Å²) >= 11 is 0. The minimum Gasteiger partial charge on any atom is -0.465 e. The number of hydrogen-bond acceptors (Lipinski definition) is 2. The molecule has 2 nitrogen and oxygen atoms in total. The lowest BCUT2D eigenvalue weighted by Gasteiger charge is -2.12. The van der Waals surface area contributed by atoms with Crippen LogP contribution in [0, 0.1) is 12.3 Å². The van der Waals surface area contributed by atoms with Crippen molar-refractivity contribution in [3.63, 3.8) is 0 Å². The van der Waals surface area contributed by atoms with E-state index in [9.17, 15) is 0 Å². The molecule has 0 radical (unpaired) electrons. The van der Waals surface area contributed by atoms with Crippen molar-refractivity contribution in [1.29, 1.82) is 0 Å². The van der Waals surface area contributed by atoms with Gasteiger partial charge in [-0.25, -0.2) is 0 Å². The molecule has 1 aromatic rings. The fourth-order valence-corrected chi connectivity index (χ4v) is 1.82. The zero-order valence-electron chi connectivity index (χ0n) is 9.42. The molecule has 0 bridgehead atoms. The molecule has 2 unspecified atom stereocenters. The molecule has 1 aromatic heterocycles. The van der Waals surface area contributed by atoms with Gasteiger partial charge in [0, 0.05) is 6.04 Å². The van der Waals surface area contributed by atoms with Crippen LogP contribution in [0.15, 0.2) is 16.5 Å². The Labute approximate surface area is 85.7 Å². The molecule has 14 heavy (non-hydrogen) atoms. The molecule has 1 heterocycles. The van der Waals surface area contributed by atoms with Gasteiger partial charge in [0.05, 0.1) is 6.04 Å². The lowest BCUT2D eigenvalue weighted by atomic mass is 10.1. The van der Waals surface area contributed by atoms with Crippen LogP contribution in [0.5, 0.6) is 0 Å². The van der Waals surface area contributed by atoms with Crippen molar-refractivity contribution in [2.24, 2.45) is 5.41 Å². The summed E-state index contributed by atoms with van der Waals surface area (Å²) in [6, 6.07) is 5.06. The summed E-state index contributed by atoms with van der Waals surface area (Å²) in [7, 11) is 0. The van der Waals surface area contributed by atoms with E-state index in [4.69, 9.17) is 4.42 Å². The predicted molar refractivity (Wildman–Crippen MR) is 57.2 cm³/mol. The number of hydrogen-bond donors (Lipinski definition) is 1. The second kappa shape index (κ2) is 3.13. The first-order chi connectivity index (χ1) is 6.49. The molecule has 78 valence electrons. The summed E-state index contributed by atoms with van der Waals surface area (Å²) in [6.07, 6.45) is 1.27. The summed E-state index contributed by atoms with van der Waals surface area (Å²) in [5.41, 5.74) is 0.482. The van der Waals surface area contributed by atoms with E-state index in [1.165, 1.54) is 6.42 Å². The number of rotatable bonds is 3. The van der Waals surface area contributed by atoms with E-state index in [0.717, 1.165) is 11.5 Å². The highest BCUT2D eigenvalue weighted by Gasteiger charge is 2.46. The van der Waals surface area contributed by atoms with Crippen molar-refractivity contribution < 1.29 is 4.42 Å². The largest absolute Gasteiger partial charge is 0.465 e. The topological polar surface area (TPSA) is 25.2 Å². The zero-order valence-corrected chi connectivity index (χ0v) is 9.42. The van der Waals surface area contributed by atoms with E-state index in [0.29, 0.717) is 17.5 Å². The van der Waals surface area contributed by atoms with Crippen molar-refractivity contribution in [2.45, 2.75) is 46.2 Å². The molecular weight excluding hydrogens is 174 g/mol. The highest BCUT2D eigenvalue weighted by Crippen LogP contribution is 2.45. The van der Waals surface area contributed by atoms with Crippen LogP contribution in [0.25, 0.3) is 0 Å². The van der Waals surface area contributed by atoms with Crippen LogP contribution in [-0.2, 0) is 0 Å². The van der Waals surface area contributed by atoms with Gasteiger partial charge in [0.2, 0.25) is 0 Å². The van der Waals surface area contributed by atoms with E-state index in [1.807, 2.05) is 13.0 Å². The van der Waals surface area contributed by atoms with Gasteiger partial charge >= 0.3 is 0 Å². The van der Waals surface area contributed by atoms with Crippen LogP contribution in [0.3, 0.4) is 0 Å². The molecule has 1 aliphatic carbocycles. The van der Waals surface area contributed by atoms with Gasteiger partial charge in [-0.3, -0.25) is 0 Å². The summed E-state index contributed by atoms with van der Waals surface area (Å²) in [5, 5.41) is 3.58. The minimum atomic E-state index is 0.329. The van der Waals surface area contributed by atoms with Crippen LogP contribution in [0.1, 0.15) is 44.8 Å². The van der Waals surface area contributed by atoms with Gasteiger partial charge in [0.1, 0.15) is 11.5 Å². The van der Waals surface area contributed by atoms with Crippen LogP contribution in [-0.4, -0.2) is 6.04 Å². The molecule has 0 aliphatic heterocycles. The van der Waals surface area contributed by atoms with E-state index < -0.39 is 0 Å². The number of nitrogens with one attached hydrogen (secondary N) is 1. The van der Waals surface area contributed by atoms with Gasteiger partial charge in [-0.15, -0.1) is 0 Å². The monoisotopic (exact) mass is 193 g/mol. The smallest absolute Gasteiger partial charge is 0.120 e. The Kier molecular flexibility index (Phi) is 2.18. The summed E-state index contributed by atoms with van der Waals surface area (Å²) in [5.74, 6) is 2.04. The van der Waals surface area contributed by atoms with Crippen molar-refractivity contribution >= 4 is 0 Å². The Hall–Kier alpha value is -0.760. The molecule has 2 rings (SSSR count). The summed E-state index contributed by atoms with van der Waals surface area (Å²) in [4.78, 5) is 0. The summed E-state index contributed by atoms with van der Waals surface area (Å²) in [6.45, 7) is 8.74. The fourth-order valence-electron chi connectivity index (χ4n) is 1.82. The minimum absolute atomic E-state index is 0.329. The molecule has 2 heteroatoms. The van der Waals surface area contributed by atoms with Gasteiger partial charge < -0.3 is 9.73 Å². The third kappa shape index (κ3) is 1.85. The second-order valence-corrected chi connectivity index (χ2v) is 5.08. The molecule has 0 amide bonds. The Morgan fingerprint density at radius 1 is 1.50 bits per heavy atom. The average molecular weight is 193 g/mol. The first kappa shape index (κ1) is 9.78. The highest BCUT2D eigenvalue weighted by atomic mass is 16.3. The Morgan fingerprint density at radius 2 is 2.14 bits per heavy atom. The molecule has 1 fully saturated rings. The van der Waals surface area contributed by atoms with Crippen molar-refractivity contribution in [3.8, 4) is 0 Å². The molecule has 1 aliphatic rings. The SMILES string of the molecule is Cc1ccc(C(C)NC2CC2(C)C)o1. The Bertz CT molecular complexity index is 327. The average Bonchev–Trinajstić information content (AvgIpc) is 2.52. The molecule has 2 atom stereocenters. The van der Waals surface area contributed by atoms with Crippen LogP contribution in [0.4, 0.5) is 0 Å². The maximum absolute atomic E-state index is 5.58. The third-order valence-corrected chi connectivity index (χ3v) is 3.15. The van der Waals surface area contributed by atoms with Crippen molar-refractivity contribution in [2.75, 3.05) is 0 Å². The lowest BCUT2D eigenvalue weighted by Crippen LogP contribution is -2.23. The van der Waals surface area contributed by atoms with Gasteiger partial charge in [0.15, 0.2) is 0 Å². The molecule has 0 spiro atoms. The van der Waals surface area contributed by atoms with E-state index in [-0.39, 0.29) is 0 Å². The number of furan rings is 1. The van der Waals surface area contributed by atoms with E-state index in [2.05, 4.69) is 32.2 Å². The van der Waals surface area contributed by atoms with Gasteiger partial charge in [0.25, 0.3) is 0 Å². The molecule has 1 N–H and O–H groups in total. The van der Waals surface area contributed by atoms with Crippen molar-refractivity contribution in [1.82, 2.24) is 5.32 Å². The van der Waals surface area contributed by atoms with Crippen LogP contribution in [0.2, 0.25) is 0 Å². The molecule has 0 saturated heterocycles. The number of aryl methyl sites for hydroxylation is 1. The third-order valence-electron chi connectivity index (χ3n) is 3.15. The molecule has 1 saturated carbocycles. The first-order valence-electron chi connectivity index (χ1n) is 5.31. The molecule has 0 aromatic carbocycles. The van der Waals surface area contributed by atoms with Gasteiger partial charge in [-0.05, 0) is 37.8 Å². The quantitative estimate of drug-likeness (QED) is 0.798. The Morgan fingerprint density at radius 3 is 2.57 bits per heavy atom. The second-order valence-electron chi connectivity index (χ2n) is 5.08. The standard InChI is InChI=1S/C12H19NO/c1-8-5-6-10(14-8)9(2)13-11-7-12(11,3)4/h5-6,9,11,13H,7H2,1-4H3. The summed E-state index contributed by atoms with van der Waals surface area (Å²) < 4.78 is 5.58. The first-order valence-corrected chi connectivity index (χ1v) is 5.31. The van der Waals surface area contributed by atoms with Gasteiger partial charge in [-0.2, -0.15) is 0 Å². The van der Waals surface area contributed by atoms with Gasteiger partial charge in [-0.1, -0.05) is 13.8 Å². The van der Waals surface area contributed by atoms with E-state index in [1.54, 1.807) is 0 Å². The van der Waals surface area contributed by atoms with E-state index >= 15 is 0 Å². The van der Waals surface area contributed by atoms with Crippen LogP contribution < -0.4 is 5.32 Å². The maximum atomic E-state index is 5.58. The van der Waals surface area contributed by atoms with Crippen molar-refractivity contribution in [3.05, 3.63) is 23.7 Å². The van der Waals surface area contributed by atoms with Crippen LogP contribution >= 0.6 is 0 Å². The fraction of sp³-hybridized carbons (Fsp3) is 0.667. The zero-order chi connectivity index (χ0) is 10.3. The molecular formula is C12H19NO. The predicted octanol–water partition coefficient (Wildman–Crippen LogP) is 3.04. The maximum Gasteiger partial charge on any atom is 0.120 e. The highest BCUT2D eigenvalue weighted by molar-refractivity contribution is 5.11. The lowest BCUT2D eigenvalue weighted by molar-refractivity contribution is 0.399. The normalized spacial score (nSPS) is 26.1. The Balaban J connectivity index is 1.94.